The molecule has 0 fully saturated rings. The van der Waals surface area contributed by atoms with Crippen molar-refractivity contribution in [2.45, 2.75) is 77.5 Å². The Morgan fingerprint density at radius 3 is 2.29 bits per heavy atom. The highest BCUT2D eigenvalue weighted by molar-refractivity contribution is 7.98. The Hall–Kier alpha value is -2.95. The molecule has 3 amide bonds. The highest BCUT2D eigenvalue weighted by Gasteiger charge is 2.36. The van der Waals surface area contributed by atoms with Gasteiger partial charge in [-0.15, -0.1) is 0 Å². The van der Waals surface area contributed by atoms with Gasteiger partial charge in [-0.05, 0) is 63.3 Å². The quantitative estimate of drug-likeness (QED) is 0.221. The molecule has 0 saturated heterocycles. The number of rotatable bonds is 15. The summed E-state index contributed by atoms with van der Waals surface area (Å²) < 4.78 is 10.0. The summed E-state index contributed by atoms with van der Waals surface area (Å²) in [5.41, 5.74) is -0.297. The molecule has 2 atom stereocenters. The Labute approximate surface area is 230 Å². The first-order valence-electron chi connectivity index (χ1n) is 12.9. The highest BCUT2D eigenvalue weighted by Crippen LogP contribution is 2.26. The van der Waals surface area contributed by atoms with E-state index >= 15 is 0 Å². The van der Waals surface area contributed by atoms with Gasteiger partial charge in [-0.2, -0.15) is 11.8 Å². The molecule has 3 N–H and O–H groups in total. The van der Waals surface area contributed by atoms with Crippen molar-refractivity contribution >= 4 is 35.6 Å². The second-order valence-electron chi connectivity index (χ2n) is 9.86. The number of unbranched alkanes of at least 4 members (excludes halogenated alkanes) is 3. The number of phenolic OH excluding ortho intramolecular Hbond substituents is 1. The number of thioether (sulfide) groups is 1. The maximum Gasteiger partial charge on any atom is 0.408 e. The third-order valence-electron chi connectivity index (χ3n) is 5.54. The number of benzene rings is 1. The topological polar surface area (TPSA) is 134 Å². The fourth-order valence-corrected chi connectivity index (χ4v) is 4.15. The Bertz CT molecular complexity index is 903. The molecule has 1 rings (SSSR count). The summed E-state index contributed by atoms with van der Waals surface area (Å²) in [4.78, 5) is 53.2. The first-order chi connectivity index (χ1) is 17.9. The van der Waals surface area contributed by atoms with Crippen molar-refractivity contribution in [2.24, 2.45) is 0 Å². The van der Waals surface area contributed by atoms with E-state index in [1.165, 1.54) is 35.9 Å². The molecule has 10 nitrogen and oxygen atoms in total. The lowest BCUT2D eigenvalue weighted by Gasteiger charge is -2.34. The molecule has 38 heavy (non-hydrogen) atoms. The number of hydrogen-bond acceptors (Lipinski definition) is 8. The predicted molar refractivity (Wildman–Crippen MR) is 148 cm³/mol. The molecule has 0 bridgehead atoms. The maximum absolute atomic E-state index is 14.0. The minimum atomic E-state index is -1.11. The molecule has 0 heterocycles. The van der Waals surface area contributed by atoms with Gasteiger partial charge in [-0.1, -0.05) is 38.3 Å². The van der Waals surface area contributed by atoms with Crippen LogP contribution >= 0.6 is 11.8 Å². The minimum Gasteiger partial charge on any atom is -0.508 e. The van der Waals surface area contributed by atoms with Crippen LogP contribution in [0.25, 0.3) is 0 Å². The van der Waals surface area contributed by atoms with Gasteiger partial charge in [0.15, 0.2) is 0 Å². The van der Waals surface area contributed by atoms with Crippen LogP contribution in [-0.2, 0) is 23.9 Å². The first kappa shape index (κ1) is 33.1. The fourth-order valence-electron chi connectivity index (χ4n) is 3.68. The number of ether oxygens (including phenoxy) is 2. The lowest BCUT2D eigenvalue weighted by Crippen LogP contribution is -2.53. The van der Waals surface area contributed by atoms with Gasteiger partial charge in [0.1, 0.15) is 30.0 Å². The van der Waals surface area contributed by atoms with Crippen LogP contribution in [0.5, 0.6) is 5.75 Å². The number of phenols is 1. The van der Waals surface area contributed by atoms with Crippen LogP contribution in [0.15, 0.2) is 24.3 Å². The van der Waals surface area contributed by atoms with Crippen LogP contribution in [0.4, 0.5) is 4.79 Å². The van der Waals surface area contributed by atoms with Crippen LogP contribution in [0, 0.1) is 0 Å². The highest BCUT2D eigenvalue weighted by atomic mass is 32.2. The average Bonchev–Trinajstić information content (AvgIpc) is 2.86. The largest absolute Gasteiger partial charge is 0.508 e. The van der Waals surface area contributed by atoms with Crippen LogP contribution in [0.2, 0.25) is 0 Å². The summed E-state index contributed by atoms with van der Waals surface area (Å²) in [6, 6.07) is 3.94. The SMILES string of the molecule is CCCCCCN(C(=O)C(CCSC)NC(=O)OC(C)(C)C)C(C(=O)NCC(=O)OC)c1ccc(O)cc1. The van der Waals surface area contributed by atoms with E-state index < -0.39 is 41.6 Å². The molecule has 0 aliphatic rings. The van der Waals surface area contributed by atoms with Crippen LogP contribution in [0.3, 0.4) is 0 Å². The van der Waals surface area contributed by atoms with Gasteiger partial charge in [0.05, 0.1) is 7.11 Å². The molecule has 1 aromatic carbocycles. The van der Waals surface area contributed by atoms with E-state index in [9.17, 15) is 24.3 Å². The summed E-state index contributed by atoms with van der Waals surface area (Å²) in [5.74, 6) is -1.05. The zero-order chi connectivity index (χ0) is 28.7. The Morgan fingerprint density at radius 2 is 1.74 bits per heavy atom. The Balaban J connectivity index is 3.43. The number of carbonyl (C=O) groups is 4. The third kappa shape index (κ3) is 12.1. The molecule has 0 aromatic heterocycles. The van der Waals surface area contributed by atoms with Gasteiger partial charge >= 0.3 is 12.1 Å². The molecule has 11 heteroatoms. The lowest BCUT2D eigenvalue weighted by molar-refractivity contribution is -0.144. The summed E-state index contributed by atoms with van der Waals surface area (Å²) in [7, 11) is 1.22. The van der Waals surface area contributed by atoms with E-state index in [0.29, 0.717) is 24.2 Å². The molecule has 2 unspecified atom stereocenters. The smallest absolute Gasteiger partial charge is 0.408 e. The second kappa shape index (κ2) is 16.8. The Kier molecular flexibility index (Phi) is 14.6. The van der Waals surface area contributed by atoms with Crippen LogP contribution < -0.4 is 10.6 Å². The molecule has 214 valence electrons. The van der Waals surface area contributed by atoms with Crippen molar-refractivity contribution in [2.75, 3.05) is 32.2 Å². The summed E-state index contributed by atoms with van der Waals surface area (Å²) in [5, 5.41) is 15.0. The summed E-state index contributed by atoms with van der Waals surface area (Å²) in [6.45, 7) is 7.16. The Morgan fingerprint density at radius 1 is 1.08 bits per heavy atom. The number of methoxy groups -OCH3 is 1. The third-order valence-corrected chi connectivity index (χ3v) is 6.18. The molecule has 0 aliphatic heterocycles. The number of alkyl carbamates (subject to hydrolysis) is 1. The van der Waals surface area contributed by atoms with E-state index in [2.05, 4.69) is 22.3 Å². The van der Waals surface area contributed by atoms with Crippen molar-refractivity contribution in [1.82, 2.24) is 15.5 Å². The van der Waals surface area contributed by atoms with E-state index in [-0.39, 0.29) is 18.8 Å². The molecule has 0 aliphatic carbocycles. The zero-order valence-corrected chi connectivity index (χ0v) is 24.2. The number of nitrogens with one attached hydrogen (secondary N) is 2. The van der Waals surface area contributed by atoms with Gasteiger partial charge in [0.25, 0.3) is 0 Å². The molecule has 0 spiro atoms. The number of amides is 3. The predicted octanol–water partition coefficient (Wildman–Crippen LogP) is 3.78. The summed E-state index contributed by atoms with van der Waals surface area (Å²) in [6.07, 6.45) is 4.95. The van der Waals surface area contributed by atoms with Crippen molar-refractivity contribution < 1.29 is 33.8 Å². The van der Waals surface area contributed by atoms with Crippen LogP contribution in [0.1, 0.15) is 71.4 Å². The van der Waals surface area contributed by atoms with E-state index in [0.717, 1.165) is 19.3 Å². The number of esters is 1. The van der Waals surface area contributed by atoms with Gasteiger partial charge in [-0.25, -0.2) is 4.79 Å². The second-order valence-corrected chi connectivity index (χ2v) is 10.8. The normalized spacial score (nSPS) is 12.7. The van der Waals surface area contributed by atoms with E-state index in [1.54, 1.807) is 32.9 Å². The lowest BCUT2D eigenvalue weighted by atomic mass is 10.0. The van der Waals surface area contributed by atoms with Crippen LogP contribution in [-0.4, -0.2) is 77.7 Å². The van der Waals surface area contributed by atoms with Crippen molar-refractivity contribution in [3.8, 4) is 5.75 Å². The number of nitrogens with zero attached hydrogens (tertiary/aromatic N) is 1. The monoisotopic (exact) mass is 553 g/mol. The molecule has 0 radical (unpaired) electrons. The maximum atomic E-state index is 14.0. The average molecular weight is 554 g/mol. The van der Waals surface area contributed by atoms with Gasteiger partial charge < -0.3 is 30.1 Å². The standard InChI is InChI=1S/C27H43N3O7S/c1-7-8-9-10-16-30(25(34)21(15-17-38-6)29-26(35)37-27(2,3)4)23(19-11-13-20(31)14-12-19)24(33)28-18-22(32)36-5/h11-14,21,23,31H,7-10,15-18H2,1-6H3,(H,28,33)(H,29,35). The molecule has 1 aromatic rings. The van der Waals surface area contributed by atoms with Crippen molar-refractivity contribution in [3.05, 3.63) is 29.8 Å². The van der Waals surface area contributed by atoms with E-state index in [4.69, 9.17) is 4.74 Å². The molecular formula is C27H43N3O7S. The van der Waals surface area contributed by atoms with E-state index in [1.807, 2.05) is 6.26 Å². The molecular weight excluding hydrogens is 510 g/mol. The summed E-state index contributed by atoms with van der Waals surface area (Å²) >= 11 is 1.53. The molecule has 0 saturated carbocycles. The van der Waals surface area contributed by atoms with Crippen molar-refractivity contribution in [3.63, 3.8) is 0 Å². The van der Waals surface area contributed by atoms with Gasteiger partial charge in [0.2, 0.25) is 11.8 Å². The number of aromatic hydroxyl groups is 1. The zero-order valence-electron chi connectivity index (χ0n) is 23.4. The number of carbonyl (C=O) groups excluding carboxylic acids is 4. The minimum absolute atomic E-state index is 0.00716. The van der Waals surface area contributed by atoms with Gasteiger partial charge in [-0.3, -0.25) is 14.4 Å². The first-order valence-corrected chi connectivity index (χ1v) is 14.2. The number of hydrogen-bond donors (Lipinski definition) is 3. The van der Waals surface area contributed by atoms with Gasteiger partial charge in [0, 0.05) is 6.54 Å². The fraction of sp³-hybridized carbons (Fsp3) is 0.630. The van der Waals surface area contributed by atoms with Crippen molar-refractivity contribution in [1.29, 1.82) is 0 Å².